The summed E-state index contributed by atoms with van der Waals surface area (Å²) in [5, 5.41) is 0. The fraction of sp³-hybridized carbons (Fsp3) is 0.529. The standard InChI is InChI=1S/C34H40F2N2O4/c35-34(36,30(39)20-7-15-24-11-3-1-4-12-24)32(41)28-19-10-22-37(28)33(42)29-23-26-17-9-18-27(26)38(29)31(40)21-8-16-25-13-5-2-6-14-25/h1-6,11-14,26-29H,7-10,15-23H2/t26-,27-,28-,29-/m0/s1. The van der Waals surface area contributed by atoms with Gasteiger partial charge in [-0.1, -0.05) is 67.1 Å². The maximum atomic E-state index is 15.2. The van der Waals surface area contributed by atoms with Crippen molar-refractivity contribution in [2.24, 2.45) is 5.92 Å². The number of hydrogen-bond acceptors (Lipinski definition) is 4. The first-order chi connectivity index (χ1) is 20.3. The van der Waals surface area contributed by atoms with Gasteiger partial charge in [0.25, 0.3) is 0 Å². The smallest absolute Gasteiger partial charge is 0.331 e. The van der Waals surface area contributed by atoms with Crippen LogP contribution in [0.25, 0.3) is 0 Å². The summed E-state index contributed by atoms with van der Waals surface area (Å²) in [6, 6.07) is 17.1. The Balaban J connectivity index is 1.22. The zero-order valence-electron chi connectivity index (χ0n) is 24.1. The van der Waals surface area contributed by atoms with Crippen molar-refractivity contribution in [1.29, 1.82) is 0 Å². The minimum absolute atomic E-state index is 0.0208. The number of fused-ring (bicyclic) bond motifs is 1. The molecule has 5 rings (SSSR count). The first kappa shape index (κ1) is 30.1. The molecule has 8 heteroatoms. The molecule has 2 heterocycles. The molecule has 3 aliphatic rings. The zero-order valence-corrected chi connectivity index (χ0v) is 24.1. The topological polar surface area (TPSA) is 74.8 Å². The average Bonchev–Trinajstić information content (AvgIpc) is 3.74. The summed E-state index contributed by atoms with van der Waals surface area (Å²) in [7, 11) is 0. The van der Waals surface area contributed by atoms with Crippen LogP contribution in [-0.4, -0.2) is 63.8 Å². The predicted molar refractivity (Wildman–Crippen MR) is 155 cm³/mol. The number of carbonyl (C=O) groups excluding carboxylic acids is 4. The molecule has 0 aromatic heterocycles. The molecule has 2 amide bonds. The lowest BCUT2D eigenvalue weighted by molar-refractivity contribution is -0.162. The van der Waals surface area contributed by atoms with Crippen LogP contribution >= 0.6 is 0 Å². The van der Waals surface area contributed by atoms with E-state index in [0.717, 1.165) is 36.8 Å². The van der Waals surface area contributed by atoms with E-state index >= 15 is 8.78 Å². The monoisotopic (exact) mass is 578 g/mol. The minimum atomic E-state index is -4.15. The second-order valence-corrected chi connectivity index (χ2v) is 12.0. The average molecular weight is 579 g/mol. The van der Waals surface area contributed by atoms with E-state index < -0.39 is 41.9 Å². The van der Waals surface area contributed by atoms with E-state index in [4.69, 9.17) is 0 Å². The SMILES string of the molecule is O=C([C@@H]1C[C@@H]2CCC[C@@H]2N1C(=O)CCCc1ccccc1)N1CCC[C@H]1C(=O)C(F)(F)C(=O)CCCc1ccccc1. The van der Waals surface area contributed by atoms with Gasteiger partial charge in [-0.05, 0) is 74.8 Å². The summed E-state index contributed by atoms with van der Waals surface area (Å²) in [6.45, 7) is 0.176. The molecule has 4 atom stereocenters. The molecule has 2 aliphatic heterocycles. The zero-order chi connectivity index (χ0) is 29.7. The summed E-state index contributed by atoms with van der Waals surface area (Å²) < 4.78 is 30.3. The molecular formula is C34H40F2N2O4. The lowest BCUT2D eigenvalue weighted by Crippen LogP contribution is -2.55. The van der Waals surface area contributed by atoms with Gasteiger partial charge in [0.05, 0.1) is 6.04 Å². The molecule has 0 radical (unpaired) electrons. The van der Waals surface area contributed by atoms with Gasteiger partial charge in [0.15, 0.2) is 0 Å². The van der Waals surface area contributed by atoms with Gasteiger partial charge in [0.2, 0.25) is 23.4 Å². The highest BCUT2D eigenvalue weighted by atomic mass is 19.3. The van der Waals surface area contributed by atoms with Crippen molar-refractivity contribution in [3.8, 4) is 0 Å². The van der Waals surface area contributed by atoms with E-state index in [1.54, 1.807) is 4.90 Å². The van der Waals surface area contributed by atoms with E-state index in [0.29, 0.717) is 32.1 Å². The first-order valence-corrected chi connectivity index (χ1v) is 15.4. The minimum Gasteiger partial charge on any atom is -0.331 e. The van der Waals surface area contributed by atoms with E-state index in [9.17, 15) is 19.2 Å². The van der Waals surface area contributed by atoms with Crippen LogP contribution in [-0.2, 0) is 32.0 Å². The quantitative estimate of drug-likeness (QED) is 0.309. The van der Waals surface area contributed by atoms with Gasteiger partial charge in [0.1, 0.15) is 6.04 Å². The fourth-order valence-corrected chi connectivity index (χ4v) is 7.18. The van der Waals surface area contributed by atoms with Gasteiger partial charge < -0.3 is 9.80 Å². The molecule has 6 nitrogen and oxygen atoms in total. The second-order valence-electron chi connectivity index (χ2n) is 12.0. The number of aryl methyl sites for hydroxylation is 2. The number of halogens is 2. The van der Waals surface area contributed by atoms with Gasteiger partial charge >= 0.3 is 5.92 Å². The van der Waals surface area contributed by atoms with Crippen LogP contribution in [0.4, 0.5) is 8.78 Å². The molecule has 1 aliphatic carbocycles. The molecule has 1 saturated carbocycles. The van der Waals surface area contributed by atoms with Crippen molar-refractivity contribution in [3.63, 3.8) is 0 Å². The molecular weight excluding hydrogens is 538 g/mol. The Labute approximate surface area is 246 Å². The number of hydrogen-bond donors (Lipinski definition) is 0. The molecule has 0 bridgehead atoms. The maximum Gasteiger partial charge on any atom is 0.364 e. The summed E-state index contributed by atoms with van der Waals surface area (Å²) >= 11 is 0. The predicted octanol–water partition coefficient (Wildman–Crippen LogP) is 5.57. The Hall–Kier alpha value is -3.42. The number of carbonyl (C=O) groups is 4. The highest BCUT2D eigenvalue weighted by molar-refractivity contribution is 6.11. The summed E-state index contributed by atoms with van der Waals surface area (Å²) in [4.78, 5) is 56.0. The summed E-state index contributed by atoms with van der Waals surface area (Å²) in [5.41, 5.74) is 2.08. The Morgan fingerprint density at radius 3 is 2.02 bits per heavy atom. The number of benzene rings is 2. The Morgan fingerprint density at radius 1 is 0.762 bits per heavy atom. The van der Waals surface area contributed by atoms with Gasteiger partial charge in [-0.15, -0.1) is 0 Å². The van der Waals surface area contributed by atoms with Crippen molar-refractivity contribution in [2.75, 3.05) is 6.54 Å². The summed E-state index contributed by atoms with van der Waals surface area (Å²) in [5.74, 6) is -7.33. The lowest BCUT2D eigenvalue weighted by Gasteiger charge is -2.34. The normalized spacial score (nSPS) is 23.7. The van der Waals surface area contributed by atoms with Crippen LogP contribution in [0.5, 0.6) is 0 Å². The van der Waals surface area contributed by atoms with Crippen LogP contribution in [0.1, 0.15) is 75.3 Å². The molecule has 42 heavy (non-hydrogen) atoms. The Bertz CT molecular complexity index is 1270. The van der Waals surface area contributed by atoms with Gasteiger partial charge in [-0.25, -0.2) is 0 Å². The number of nitrogens with zero attached hydrogens (tertiary/aromatic N) is 2. The molecule has 2 aromatic carbocycles. The van der Waals surface area contributed by atoms with Crippen molar-refractivity contribution in [2.45, 2.75) is 101 Å². The lowest BCUT2D eigenvalue weighted by atomic mass is 9.96. The van der Waals surface area contributed by atoms with Gasteiger partial charge in [-0.3, -0.25) is 19.2 Å². The molecule has 0 spiro atoms. The molecule has 0 N–H and O–H groups in total. The first-order valence-electron chi connectivity index (χ1n) is 15.4. The number of ketones is 2. The van der Waals surface area contributed by atoms with Crippen molar-refractivity contribution < 1.29 is 28.0 Å². The third-order valence-corrected chi connectivity index (χ3v) is 9.32. The van der Waals surface area contributed by atoms with Crippen LogP contribution in [0.3, 0.4) is 0 Å². The van der Waals surface area contributed by atoms with Crippen LogP contribution in [0.2, 0.25) is 0 Å². The van der Waals surface area contributed by atoms with Crippen molar-refractivity contribution in [3.05, 3.63) is 71.8 Å². The highest BCUT2D eigenvalue weighted by Crippen LogP contribution is 2.43. The molecule has 224 valence electrons. The van der Waals surface area contributed by atoms with Gasteiger partial charge in [-0.2, -0.15) is 8.78 Å². The number of rotatable bonds is 12. The van der Waals surface area contributed by atoms with Gasteiger partial charge in [0, 0.05) is 25.4 Å². The van der Waals surface area contributed by atoms with Crippen molar-refractivity contribution >= 4 is 23.4 Å². The van der Waals surface area contributed by atoms with E-state index in [2.05, 4.69) is 0 Å². The van der Waals surface area contributed by atoms with Crippen LogP contribution < -0.4 is 0 Å². The fourth-order valence-electron chi connectivity index (χ4n) is 7.18. The van der Waals surface area contributed by atoms with Crippen molar-refractivity contribution in [1.82, 2.24) is 9.80 Å². The van der Waals surface area contributed by atoms with E-state index in [-0.39, 0.29) is 37.3 Å². The maximum absolute atomic E-state index is 15.2. The highest BCUT2D eigenvalue weighted by Gasteiger charge is 2.55. The van der Waals surface area contributed by atoms with E-state index in [1.807, 2.05) is 60.7 Å². The second kappa shape index (κ2) is 13.3. The van der Waals surface area contributed by atoms with E-state index in [1.165, 1.54) is 4.90 Å². The molecule has 2 aromatic rings. The third-order valence-electron chi connectivity index (χ3n) is 9.32. The Kier molecular flexibility index (Phi) is 9.49. The van der Waals surface area contributed by atoms with Crippen LogP contribution in [0.15, 0.2) is 60.7 Å². The third kappa shape index (κ3) is 6.47. The molecule has 2 saturated heterocycles. The number of Topliss-reactive ketones (excluding diaryl/α,β-unsaturated/α-hetero) is 2. The summed E-state index contributed by atoms with van der Waals surface area (Å²) in [6.07, 6.45) is 5.74. The number of alkyl halides is 2. The number of amides is 2. The molecule has 0 unspecified atom stereocenters. The van der Waals surface area contributed by atoms with Crippen LogP contribution in [0, 0.1) is 5.92 Å². The number of likely N-dealkylation sites (tertiary alicyclic amines) is 2. The molecule has 3 fully saturated rings. The Morgan fingerprint density at radius 2 is 1.38 bits per heavy atom. The largest absolute Gasteiger partial charge is 0.364 e.